The Bertz CT molecular complexity index is 611. The number of halogens is 1. The summed E-state index contributed by atoms with van der Waals surface area (Å²) in [4.78, 5) is 16.5. The van der Waals surface area contributed by atoms with E-state index in [1.54, 1.807) is 0 Å². The van der Waals surface area contributed by atoms with Gasteiger partial charge in [-0.3, -0.25) is 0 Å². The second-order valence-corrected chi connectivity index (χ2v) is 6.51. The first-order valence-electron chi connectivity index (χ1n) is 7.05. The first-order valence-corrected chi connectivity index (χ1v) is 7.43. The number of nitrogens with one attached hydrogen (secondary N) is 1. The third-order valence-corrected chi connectivity index (χ3v) is 3.93. The topological polar surface area (TPSA) is 81.4 Å². The fraction of sp³-hybridized carbons (Fsp3) is 0.615. The van der Waals surface area contributed by atoms with Crippen molar-refractivity contribution >= 4 is 17.5 Å². The minimum Gasteiger partial charge on any atom is -0.351 e. The molecule has 1 aliphatic rings. The largest absolute Gasteiger partial charge is 0.351 e. The summed E-state index contributed by atoms with van der Waals surface area (Å²) in [5.41, 5.74) is 0.349. The van der Waals surface area contributed by atoms with Crippen LogP contribution in [0.4, 0.5) is 5.95 Å². The molecule has 0 bridgehead atoms. The zero-order valence-corrected chi connectivity index (χ0v) is 12.9. The van der Waals surface area contributed by atoms with E-state index in [4.69, 9.17) is 11.6 Å². The van der Waals surface area contributed by atoms with Gasteiger partial charge in [-0.1, -0.05) is 20.3 Å². The Morgan fingerprint density at radius 1 is 1.33 bits per heavy atom. The van der Waals surface area contributed by atoms with E-state index in [-0.39, 0.29) is 5.28 Å². The van der Waals surface area contributed by atoms with Crippen LogP contribution in [0.2, 0.25) is 5.28 Å². The van der Waals surface area contributed by atoms with Crippen LogP contribution in [0.15, 0.2) is 12.7 Å². The molecule has 1 atom stereocenters. The highest BCUT2D eigenvalue weighted by molar-refractivity contribution is 6.28. The molecule has 1 N–H and O–H groups in total. The lowest BCUT2D eigenvalue weighted by molar-refractivity contribution is 0.229. The average molecular weight is 308 g/mol. The van der Waals surface area contributed by atoms with Crippen LogP contribution in [0, 0.1) is 5.41 Å². The maximum Gasteiger partial charge on any atom is 0.258 e. The standard InChI is InChI=1S/C13H18ClN7/c1-13(2)5-3-4-9(6-13)17-11-18-10(14)19-12(20-11)21-8-15-7-16-21/h7-9H,3-6H2,1-2H3,(H,17,18,19,20). The van der Waals surface area contributed by atoms with E-state index in [0.717, 1.165) is 12.8 Å². The molecule has 0 saturated heterocycles. The molecule has 3 rings (SSSR count). The van der Waals surface area contributed by atoms with E-state index in [2.05, 4.69) is 44.2 Å². The zero-order valence-electron chi connectivity index (χ0n) is 12.1. The van der Waals surface area contributed by atoms with E-state index in [1.807, 2.05) is 0 Å². The van der Waals surface area contributed by atoms with Gasteiger partial charge in [-0.15, -0.1) is 0 Å². The van der Waals surface area contributed by atoms with Crippen molar-refractivity contribution in [2.45, 2.75) is 45.6 Å². The molecule has 1 fully saturated rings. The van der Waals surface area contributed by atoms with Gasteiger partial charge in [0.25, 0.3) is 5.95 Å². The minimum atomic E-state index is 0.146. The Hall–Kier alpha value is -1.76. The summed E-state index contributed by atoms with van der Waals surface area (Å²) < 4.78 is 1.46. The predicted octanol–water partition coefficient (Wildman–Crippen LogP) is 2.49. The Kier molecular flexibility index (Phi) is 3.75. The quantitative estimate of drug-likeness (QED) is 0.938. The second kappa shape index (κ2) is 5.55. The molecular weight excluding hydrogens is 290 g/mol. The van der Waals surface area contributed by atoms with Crippen molar-refractivity contribution in [1.29, 1.82) is 0 Å². The summed E-state index contributed by atoms with van der Waals surface area (Å²) >= 11 is 5.98. The normalized spacial score (nSPS) is 21.2. The maximum atomic E-state index is 5.98. The average Bonchev–Trinajstić information content (AvgIpc) is 2.90. The molecule has 0 aromatic carbocycles. The summed E-state index contributed by atoms with van der Waals surface area (Å²) in [7, 11) is 0. The van der Waals surface area contributed by atoms with Crippen molar-refractivity contribution < 1.29 is 0 Å². The van der Waals surface area contributed by atoms with Gasteiger partial charge in [0, 0.05) is 6.04 Å². The number of nitrogens with zero attached hydrogens (tertiary/aromatic N) is 6. The Morgan fingerprint density at radius 3 is 2.90 bits per heavy atom. The van der Waals surface area contributed by atoms with E-state index in [1.165, 1.54) is 30.2 Å². The highest BCUT2D eigenvalue weighted by Gasteiger charge is 2.28. The molecular formula is C13H18ClN7. The lowest BCUT2D eigenvalue weighted by atomic mass is 9.75. The molecule has 21 heavy (non-hydrogen) atoms. The molecule has 112 valence electrons. The molecule has 7 nitrogen and oxygen atoms in total. The summed E-state index contributed by atoms with van der Waals surface area (Å²) in [6.45, 7) is 4.59. The predicted molar refractivity (Wildman–Crippen MR) is 79.4 cm³/mol. The van der Waals surface area contributed by atoms with E-state index in [9.17, 15) is 0 Å². The van der Waals surface area contributed by atoms with Gasteiger partial charge in [0.15, 0.2) is 0 Å². The van der Waals surface area contributed by atoms with Crippen LogP contribution in [0.25, 0.3) is 5.95 Å². The summed E-state index contributed by atoms with van der Waals surface area (Å²) in [6, 6.07) is 0.357. The van der Waals surface area contributed by atoms with Crippen molar-refractivity contribution in [1.82, 2.24) is 29.7 Å². The van der Waals surface area contributed by atoms with Crippen molar-refractivity contribution in [3.8, 4) is 5.95 Å². The van der Waals surface area contributed by atoms with Crippen LogP contribution in [-0.4, -0.2) is 35.8 Å². The van der Waals surface area contributed by atoms with Crippen LogP contribution < -0.4 is 5.32 Å². The number of anilines is 1. The molecule has 0 amide bonds. The van der Waals surface area contributed by atoms with Crippen molar-refractivity contribution in [3.05, 3.63) is 17.9 Å². The van der Waals surface area contributed by atoms with Gasteiger partial charge in [-0.2, -0.15) is 24.7 Å². The Balaban J connectivity index is 1.79. The number of hydrogen-bond donors (Lipinski definition) is 1. The van der Waals surface area contributed by atoms with Gasteiger partial charge in [0.2, 0.25) is 11.2 Å². The molecule has 1 aliphatic carbocycles. The summed E-state index contributed by atoms with van der Waals surface area (Å²) in [5, 5.41) is 7.52. The van der Waals surface area contributed by atoms with Crippen LogP contribution in [-0.2, 0) is 0 Å². The summed E-state index contributed by atoms with van der Waals surface area (Å²) in [6.07, 6.45) is 7.63. The van der Waals surface area contributed by atoms with Crippen molar-refractivity contribution in [2.75, 3.05) is 5.32 Å². The van der Waals surface area contributed by atoms with Crippen LogP contribution in [0.3, 0.4) is 0 Å². The molecule has 2 heterocycles. The van der Waals surface area contributed by atoms with E-state index in [0.29, 0.717) is 23.4 Å². The third-order valence-electron chi connectivity index (χ3n) is 3.76. The van der Waals surface area contributed by atoms with Gasteiger partial charge >= 0.3 is 0 Å². The highest BCUT2D eigenvalue weighted by atomic mass is 35.5. The first kappa shape index (κ1) is 14.2. The maximum absolute atomic E-state index is 5.98. The molecule has 0 radical (unpaired) electrons. The summed E-state index contributed by atoms with van der Waals surface area (Å²) in [5.74, 6) is 0.855. The monoisotopic (exact) mass is 307 g/mol. The van der Waals surface area contributed by atoms with E-state index >= 15 is 0 Å². The molecule has 2 aromatic heterocycles. The SMILES string of the molecule is CC1(C)CCCC(Nc2nc(Cl)nc(-n3cncn3)n2)C1. The first-order chi connectivity index (χ1) is 10.0. The number of rotatable bonds is 3. The second-order valence-electron chi connectivity index (χ2n) is 6.17. The number of aromatic nitrogens is 6. The Morgan fingerprint density at radius 2 is 2.19 bits per heavy atom. The molecule has 8 heteroatoms. The molecule has 0 spiro atoms. The van der Waals surface area contributed by atoms with Crippen molar-refractivity contribution in [3.63, 3.8) is 0 Å². The van der Waals surface area contributed by atoms with Crippen LogP contribution in [0.5, 0.6) is 0 Å². The zero-order chi connectivity index (χ0) is 14.9. The fourth-order valence-corrected chi connectivity index (χ4v) is 2.98. The fourth-order valence-electron chi connectivity index (χ4n) is 2.82. The lowest BCUT2D eigenvalue weighted by Crippen LogP contribution is -2.32. The third kappa shape index (κ3) is 3.47. The molecule has 1 saturated carbocycles. The van der Waals surface area contributed by atoms with E-state index < -0.39 is 0 Å². The van der Waals surface area contributed by atoms with Crippen LogP contribution in [0.1, 0.15) is 39.5 Å². The van der Waals surface area contributed by atoms with Gasteiger partial charge in [0.05, 0.1) is 0 Å². The molecule has 0 aliphatic heterocycles. The Labute approximate surface area is 128 Å². The van der Waals surface area contributed by atoms with Gasteiger partial charge in [-0.05, 0) is 36.3 Å². The minimum absolute atomic E-state index is 0.146. The van der Waals surface area contributed by atoms with Crippen molar-refractivity contribution in [2.24, 2.45) is 5.41 Å². The molecule has 2 aromatic rings. The highest BCUT2D eigenvalue weighted by Crippen LogP contribution is 2.36. The van der Waals surface area contributed by atoms with Gasteiger partial charge in [-0.25, -0.2) is 4.98 Å². The number of hydrogen-bond acceptors (Lipinski definition) is 6. The van der Waals surface area contributed by atoms with Gasteiger partial charge in [0.1, 0.15) is 12.7 Å². The van der Waals surface area contributed by atoms with Crippen LogP contribution >= 0.6 is 11.6 Å². The smallest absolute Gasteiger partial charge is 0.258 e. The molecule has 1 unspecified atom stereocenters. The lowest BCUT2D eigenvalue weighted by Gasteiger charge is -2.35. The van der Waals surface area contributed by atoms with Gasteiger partial charge < -0.3 is 5.32 Å².